The van der Waals surface area contributed by atoms with E-state index in [-0.39, 0.29) is 5.56 Å². The van der Waals surface area contributed by atoms with Gasteiger partial charge in [-0.2, -0.15) is 0 Å². The lowest BCUT2D eigenvalue weighted by atomic mass is 9.99. The monoisotopic (exact) mass is 333 g/mol. The first-order valence-electron chi connectivity index (χ1n) is 8.93. The van der Waals surface area contributed by atoms with E-state index in [0.29, 0.717) is 5.92 Å². The summed E-state index contributed by atoms with van der Waals surface area (Å²) in [6.45, 7) is 4.90. The Bertz CT molecular complexity index is 933. The molecule has 0 aliphatic carbocycles. The summed E-state index contributed by atoms with van der Waals surface area (Å²) < 4.78 is 1.63. The van der Waals surface area contributed by atoms with Gasteiger partial charge >= 0.3 is 0 Å². The average Bonchev–Trinajstić information content (AvgIpc) is 3.04. The molecule has 4 heteroatoms. The van der Waals surface area contributed by atoms with Crippen LogP contribution in [0.3, 0.4) is 0 Å². The van der Waals surface area contributed by atoms with Crippen LogP contribution < -0.4 is 5.56 Å². The lowest BCUT2D eigenvalue weighted by Crippen LogP contribution is -2.24. The van der Waals surface area contributed by atoms with E-state index in [1.165, 1.54) is 12.0 Å². The van der Waals surface area contributed by atoms with Crippen LogP contribution in [0.25, 0.3) is 5.65 Å². The standard InChI is InChI=1S/C21H23N3O/c1-16-6-5-10-24-20(25)13-19(22-21(16)24)15-23-11-9-18(14-23)12-17-7-3-2-4-8-17/h2-8,10,13,18H,9,11-12,14-15H2,1H3/t18-/m1/s1. The molecule has 0 bridgehead atoms. The summed E-state index contributed by atoms with van der Waals surface area (Å²) in [7, 11) is 0. The topological polar surface area (TPSA) is 37.6 Å². The fourth-order valence-electron chi connectivity index (χ4n) is 3.79. The van der Waals surface area contributed by atoms with Crippen LogP contribution in [0, 0.1) is 12.8 Å². The molecule has 0 radical (unpaired) electrons. The number of hydrogen-bond acceptors (Lipinski definition) is 3. The number of aryl methyl sites for hydroxylation is 1. The van der Waals surface area contributed by atoms with Crippen molar-refractivity contribution in [1.29, 1.82) is 0 Å². The van der Waals surface area contributed by atoms with Gasteiger partial charge in [-0.3, -0.25) is 14.1 Å². The maximum absolute atomic E-state index is 12.3. The Morgan fingerprint density at radius 2 is 2.00 bits per heavy atom. The van der Waals surface area contributed by atoms with Crippen LogP contribution in [0.5, 0.6) is 0 Å². The first-order valence-corrected chi connectivity index (χ1v) is 8.93. The zero-order chi connectivity index (χ0) is 17.2. The van der Waals surface area contributed by atoms with Gasteiger partial charge in [-0.05, 0) is 49.4 Å². The maximum atomic E-state index is 12.3. The molecule has 0 N–H and O–H groups in total. The second-order valence-corrected chi connectivity index (χ2v) is 7.05. The second kappa shape index (κ2) is 6.81. The summed E-state index contributed by atoms with van der Waals surface area (Å²) in [6.07, 6.45) is 4.12. The molecular weight excluding hydrogens is 310 g/mol. The molecule has 4 nitrogen and oxygen atoms in total. The fourth-order valence-corrected chi connectivity index (χ4v) is 3.79. The number of benzene rings is 1. The molecule has 1 atom stereocenters. The second-order valence-electron chi connectivity index (χ2n) is 7.05. The fraction of sp³-hybridized carbons (Fsp3) is 0.333. The SMILES string of the molecule is Cc1cccn2c(=O)cc(CN3CC[C@H](Cc4ccccc4)C3)nc12. The third-order valence-corrected chi connectivity index (χ3v) is 5.06. The molecule has 3 aromatic rings. The van der Waals surface area contributed by atoms with Gasteiger partial charge in [0.2, 0.25) is 0 Å². The lowest BCUT2D eigenvalue weighted by Gasteiger charge is -2.16. The Kier molecular flexibility index (Phi) is 4.36. The molecule has 0 amide bonds. The summed E-state index contributed by atoms with van der Waals surface area (Å²) in [4.78, 5) is 19.5. The molecule has 1 aliphatic rings. The molecule has 0 saturated carbocycles. The van der Waals surface area contributed by atoms with Crippen LogP contribution in [0.2, 0.25) is 0 Å². The minimum Gasteiger partial charge on any atom is -0.297 e. The smallest absolute Gasteiger partial charge is 0.258 e. The van der Waals surface area contributed by atoms with E-state index in [0.717, 1.165) is 43.0 Å². The molecule has 1 aromatic carbocycles. The quantitative estimate of drug-likeness (QED) is 0.736. The Hall–Kier alpha value is -2.46. The van der Waals surface area contributed by atoms with Crippen molar-refractivity contribution >= 4 is 5.65 Å². The molecule has 1 aliphatic heterocycles. The third-order valence-electron chi connectivity index (χ3n) is 5.06. The van der Waals surface area contributed by atoms with Crippen LogP contribution >= 0.6 is 0 Å². The number of aromatic nitrogens is 2. The zero-order valence-electron chi connectivity index (χ0n) is 14.6. The van der Waals surface area contributed by atoms with Crippen molar-refractivity contribution in [3.05, 3.63) is 81.9 Å². The Labute approximate surface area is 147 Å². The molecule has 128 valence electrons. The largest absolute Gasteiger partial charge is 0.297 e. The van der Waals surface area contributed by atoms with Gasteiger partial charge in [0.15, 0.2) is 0 Å². The summed E-state index contributed by atoms with van der Waals surface area (Å²) in [5.41, 5.74) is 4.09. The number of fused-ring (bicyclic) bond motifs is 1. The van der Waals surface area contributed by atoms with E-state index in [1.807, 2.05) is 19.1 Å². The maximum Gasteiger partial charge on any atom is 0.258 e. The molecule has 2 aromatic heterocycles. The Morgan fingerprint density at radius 3 is 2.84 bits per heavy atom. The molecule has 4 rings (SSSR count). The first-order chi connectivity index (χ1) is 12.2. The zero-order valence-corrected chi connectivity index (χ0v) is 14.6. The highest BCUT2D eigenvalue weighted by Gasteiger charge is 2.23. The van der Waals surface area contributed by atoms with Gasteiger partial charge < -0.3 is 0 Å². The van der Waals surface area contributed by atoms with Gasteiger partial charge in [-0.1, -0.05) is 36.4 Å². The van der Waals surface area contributed by atoms with Crippen molar-refractivity contribution in [1.82, 2.24) is 14.3 Å². The number of rotatable bonds is 4. The highest BCUT2D eigenvalue weighted by Crippen LogP contribution is 2.22. The van der Waals surface area contributed by atoms with Crippen LogP contribution in [-0.4, -0.2) is 27.4 Å². The number of hydrogen-bond donors (Lipinski definition) is 0. The summed E-state index contributed by atoms with van der Waals surface area (Å²) in [5.74, 6) is 0.686. The normalized spacial score (nSPS) is 18.0. The average molecular weight is 333 g/mol. The predicted octanol–water partition coefficient (Wildman–Crippen LogP) is 3.07. The van der Waals surface area contributed by atoms with Crippen molar-refractivity contribution in [2.75, 3.05) is 13.1 Å². The van der Waals surface area contributed by atoms with Crippen molar-refractivity contribution in [2.45, 2.75) is 26.3 Å². The van der Waals surface area contributed by atoms with E-state index in [9.17, 15) is 4.79 Å². The Morgan fingerprint density at radius 1 is 1.16 bits per heavy atom. The van der Waals surface area contributed by atoms with Gasteiger partial charge in [-0.25, -0.2) is 4.98 Å². The third kappa shape index (κ3) is 3.49. The molecule has 0 spiro atoms. The molecule has 25 heavy (non-hydrogen) atoms. The lowest BCUT2D eigenvalue weighted by molar-refractivity contribution is 0.312. The van der Waals surface area contributed by atoms with E-state index >= 15 is 0 Å². The van der Waals surface area contributed by atoms with E-state index in [1.54, 1.807) is 16.7 Å². The van der Waals surface area contributed by atoms with Gasteiger partial charge in [-0.15, -0.1) is 0 Å². The number of likely N-dealkylation sites (tertiary alicyclic amines) is 1. The highest BCUT2D eigenvalue weighted by atomic mass is 16.1. The molecule has 0 unspecified atom stereocenters. The minimum absolute atomic E-state index is 0.00346. The Balaban J connectivity index is 1.47. The predicted molar refractivity (Wildman–Crippen MR) is 99.7 cm³/mol. The van der Waals surface area contributed by atoms with E-state index in [2.05, 4.69) is 35.2 Å². The van der Waals surface area contributed by atoms with Gasteiger partial charge in [0, 0.05) is 25.4 Å². The molecule has 1 saturated heterocycles. The number of nitrogens with zero attached hydrogens (tertiary/aromatic N) is 3. The summed E-state index contributed by atoms with van der Waals surface area (Å²) >= 11 is 0. The van der Waals surface area contributed by atoms with E-state index in [4.69, 9.17) is 4.98 Å². The van der Waals surface area contributed by atoms with Gasteiger partial charge in [0.25, 0.3) is 5.56 Å². The van der Waals surface area contributed by atoms with Crippen molar-refractivity contribution in [3.8, 4) is 0 Å². The molecule has 3 heterocycles. The van der Waals surface area contributed by atoms with Crippen LogP contribution in [0.15, 0.2) is 59.5 Å². The van der Waals surface area contributed by atoms with Crippen LogP contribution in [-0.2, 0) is 13.0 Å². The summed E-state index contributed by atoms with van der Waals surface area (Å²) in [6, 6.07) is 16.3. The number of pyridine rings is 1. The van der Waals surface area contributed by atoms with Gasteiger partial charge in [0.1, 0.15) is 5.65 Å². The van der Waals surface area contributed by atoms with Crippen molar-refractivity contribution < 1.29 is 0 Å². The van der Waals surface area contributed by atoms with Gasteiger partial charge in [0.05, 0.1) is 5.69 Å². The highest BCUT2D eigenvalue weighted by molar-refractivity contribution is 5.46. The van der Waals surface area contributed by atoms with Crippen LogP contribution in [0.4, 0.5) is 0 Å². The first kappa shape index (κ1) is 16.0. The molecule has 1 fully saturated rings. The van der Waals surface area contributed by atoms with Crippen molar-refractivity contribution in [3.63, 3.8) is 0 Å². The summed E-state index contributed by atoms with van der Waals surface area (Å²) in [5, 5.41) is 0. The van der Waals surface area contributed by atoms with Crippen molar-refractivity contribution in [2.24, 2.45) is 5.92 Å². The molecular formula is C21H23N3O. The minimum atomic E-state index is 0.00346. The van der Waals surface area contributed by atoms with Crippen LogP contribution in [0.1, 0.15) is 23.2 Å². The van der Waals surface area contributed by atoms with E-state index < -0.39 is 0 Å².